The van der Waals surface area contributed by atoms with Crippen molar-refractivity contribution in [2.75, 3.05) is 0 Å². The van der Waals surface area contributed by atoms with Gasteiger partial charge in [0, 0.05) is 0 Å². The summed E-state index contributed by atoms with van der Waals surface area (Å²) in [6, 6.07) is 13.2. The molecule has 160 valence electrons. The maximum absolute atomic E-state index is 15.1. The molecule has 0 bridgehead atoms. The van der Waals surface area contributed by atoms with Gasteiger partial charge in [-0.25, -0.2) is 4.39 Å². The number of hydrogen-bond donors (Lipinski definition) is 0. The Balaban J connectivity index is 1.43. The maximum atomic E-state index is 15.1. The first-order valence-electron chi connectivity index (χ1n) is 12.2. The number of aryl methyl sites for hydroxylation is 2. The smallest absolute Gasteiger partial charge is 0.126 e. The topological polar surface area (TPSA) is 0 Å². The second-order valence-electron chi connectivity index (χ2n) is 9.56. The zero-order valence-corrected chi connectivity index (χ0v) is 18.8. The van der Waals surface area contributed by atoms with Crippen LogP contribution in [0.4, 0.5) is 4.39 Å². The minimum atomic E-state index is 0.0292. The van der Waals surface area contributed by atoms with Crippen LogP contribution >= 0.6 is 0 Å². The molecule has 2 aliphatic rings. The largest absolute Gasteiger partial charge is 0.207 e. The van der Waals surface area contributed by atoms with Crippen molar-refractivity contribution in [3.05, 3.63) is 82.2 Å². The molecule has 0 amide bonds. The van der Waals surface area contributed by atoms with E-state index in [0.717, 1.165) is 43.6 Å². The third-order valence-electron chi connectivity index (χ3n) is 7.69. The lowest BCUT2D eigenvalue weighted by atomic mass is 9.76. The predicted octanol–water partition coefficient (Wildman–Crippen LogP) is 8.29. The van der Waals surface area contributed by atoms with Crippen molar-refractivity contribution in [3.8, 4) is 0 Å². The van der Waals surface area contributed by atoms with Crippen LogP contribution in [0.3, 0.4) is 0 Å². The molecule has 0 aromatic heterocycles. The maximum Gasteiger partial charge on any atom is 0.126 e. The number of rotatable bonds is 6. The van der Waals surface area contributed by atoms with Crippen LogP contribution in [0.5, 0.6) is 0 Å². The number of allylic oxidation sites excluding steroid dienone is 2. The lowest BCUT2D eigenvalue weighted by Gasteiger charge is -2.29. The summed E-state index contributed by atoms with van der Waals surface area (Å²) in [7, 11) is 0. The molecule has 0 heterocycles. The van der Waals surface area contributed by atoms with Crippen LogP contribution in [0.25, 0.3) is 0 Å². The van der Waals surface area contributed by atoms with Crippen LogP contribution in [0, 0.1) is 11.7 Å². The molecule has 1 heteroatoms. The van der Waals surface area contributed by atoms with Gasteiger partial charge in [-0.2, -0.15) is 0 Å². The van der Waals surface area contributed by atoms with Crippen molar-refractivity contribution in [2.45, 2.75) is 89.9 Å². The molecule has 2 aromatic rings. The molecule has 2 aromatic carbocycles. The van der Waals surface area contributed by atoms with Crippen molar-refractivity contribution >= 4 is 0 Å². The quantitative estimate of drug-likeness (QED) is 0.425. The third kappa shape index (κ3) is 4.88. The van der Waals surface area contributed by atoms with Crippen LogP contribution in [0.15, 0.2) is 48.6 Å². The summed E-state index contributed by atoms with van der Waals surface area (Å²) in [6.45, 7) is 4.38. The number of hydrogen-bond acceptors (Lipinski definition) is 0. The Labute approximate surface area is 182 Å². The van der Waals surface area contributed by atoms with Gasteiger partial charge in [0.15, 0.2) is 0 Å². The predicted molar refractivity (Wildman–Crippen MR) is 126 cm³/mol. The second-order valence-corrected chi connectivity index (χ2v) is 9.56. The van der Waals surface area contributed by atoms with Crippen LogP contribution in [0.1, 0.15) is 98.4 Å². The van der Waals surface area contributed by atoms with Gasteiger partial charge in [-0.15, -0.1) is 0 Å². The zero-order chi connectivity index (χ0) is 20.9. The fourth-order valence-corrected chi connectivity index (χ4v) is 5.68. The van der Waals surface area contributed by atoms with Crippen molar-refractivity contribution in [1.29, 1.82) is 0 Å². The molecule has 0 spiro atoms. The van der Waals surface area contributed by atoms with Gasteiger partial charge in [0.1, 0.15) is 5.82 Å². The van der Waals surface area contributed by atoms with Gasteiger partial charge in [0.2, 0.25) is 0 Å². The molecular formula is C29H37F. The van der Waals surface area contributed by atoms with E-state index in [1.54, 1.807) is 0 Å². The molecule has 1 atom stereocenters. The minimum Gasteiger partial charge on any atom is -0.207 e. The molecule has 0 saturated heterocycles. The lowest BCUT2D eigenvalue weighted by molar-refractivity contribution is 0.318. The van der Waals surface area contributed by atoms with E-state index in [9.17, 15) is 0 Å². The van der Waals surface area contributed by atoms with E-state index in [4.69, 9.17) is 0 Å². The van der Waals surface area contributed by atoms with Gasteiger partial charge >= 0.3 is 0 Å². The average molecular weight is 405 g/mol. The van der Waals surface area contributed by atoms with Crippen LogP contribution in [0.2, 0.25) is 0 Å². The Kier molecular flexibility index (Phi) is 7.08. The zero-order valence-electron chi connectivity index (χ0n) is 18.8. The third-order valence-corrected chi connectivity index (χ3v) is 7.69. The molecule has 1 fully saturated rings. The van der Waals surface area contributed by atoms with Gasteiger partial charge in [0.25, 0.3) is 0 Å². The highest BCUT2D eigenvalue weighted by Crippen LogP contribution is 2.39. The highest BCUT2D eigenvalue weighted by atomic mass is 19.1. The van der Waals surface area contributed by atoms with E-state index in [1.807, 2.05) is 6.07 Å². The van der Waals surface area contributed by atoms with Crippen LogP contribution in [-0.2, 0) is 19.3 Å². The molecule has 1 unspecified atom stereocenters. The molecular weight excluding hydrogens is 367 g/mol. The van der Waals surface area contributed by atoms with E-state index < -0.39 is 0 Å². The summed E-state index contributed by atoms with van der Waals surface area (Å²) >= 11 is 0. The van der Waals surface area contributed by atoms with Crippen LogP contribution in [-0.4, -0.2) is 0 Å². The molecule has 0 nitrogen and oxygen atoms in total. The Bertz CT molecular complexity index is 870. The molecule has 2 aliphatic carbocycles. The Morgan fingerprint density at radius 1 is 0.933 bits per heavy atom. The van der Waals surface area contributed by atoms with Gasteiger partial charge in [-0.05, 0) is 116 Å². The van der Waals surface area contributed by atoms with E-state index in [2.05, 4.69) is 56.3 Å². The number of fused-ring (bicyclic) bond motifs is 1. The summed E-state index contributed by atoms with van der Waals surface area (Å²) in [5.41, 5.74) is 6.49. The fourth-order valence-electron chi connectivity index (χ4n) is 5.68. The fraction of sp³-hybridized carbons (Fsp3) is 0.517. The Morgan fingerprint density at radius 2 is 1.77 bits per heavy atom. The van der Waals surface area contributed by atoms with Gasteiger partial charge in [-0.1, -0.05) is 55.8 Å². The van der Waals surface area contributed by atoms with E-state index in [-0.39, 0.29) is 5.82 Å². The standard InChI is InChI=1S/C29H37F/c1-3-5-6-7-22-10-13-25-19-27(15-14-24(25)18-22)28-17-16-26(20-29(28)30)23-11-8-21(4-2)9-12-23/h3,5,10,13,16-18,20-21,23,27H,4,6-9,11-12,14-15,19H2,1-2H3/b5-3+. The molecule has 0 aliphatic heterocycles. The Hall–Kier alpha value is -1.89. The van der Waals surface area contributed by atoms with E-state index in [1.165, 1.54) is 54.4 Å². The lowest BCUT2D eigenvalue weighted by Crippen LogP contribution is -2.16. The summed E-state index contributed by atoms with van der Waals surface area (Å²) in [5.74, 6) is 1.79. The summed E-state index contributed by atoms with van der Waals surface area (Å²) in [5, 5.41) is 0. The number of halogens is 1. The monoisotopic (exact) mass is 404 g/mol. The molecule has 0 radical (unpaired) electrons. The molecule has 1 saturated carbocycles. The van der Waals surface area contributed by atoms with Crippen molar-refractivity contribution in [2.24, 2.45) is 5.92 Å². The van der Waals surface area contributed by atoms with Gasteiger partial charge < -0.3 is 0 Å². The Morgan fingerprint density at radius 3 is 2.50 bits per heavy atom. The van der Waals surface area contributed by atoms with Gasteiger partial charge in [-0.3, -0.25) is 0 Å². The second kappa shape index (κ2) is 9.94. The van der Waals surface area contributed by atoms with Gasteiger partial charge in [0.05, 0.1) is 0 Å². The van der Waals surface area contributed by atoms with E-state index >= 15 is 4.39 Å². The van der Waals surface area contributed by atoms with E-state index in [0.29, 0.717) is 11.8 Å². The van der Waals surface area contributed by atoms with Crippen LogP contribution < -0.4 is 0 Å². The molecule has 30 heavy (non-hydrogen) atoms. The molecule has 0 N–H and O–H groups in total. The summed E-state index contributed by atoms with van der Waals surface area (Å²) < 4.78 is 15.1. The normalized spacial score (nSPS) is 24.2. The summed E-state index contributed by atoms with van der Waals surface area (Å²) in [6.07, 6.45) is 16.0. The summed E-state index contributed by atoms with van der Waals surface area (Å²) in [4.78, 5) is 0. The highest BCUT2D eigenvalue weighted by Gasteiger charge is 2.25. The van der Waals surface area contributed by atoms with Crippen molar-refractivity contribution < 1.29 is 4.39 Å². The first-order valence-corrected chi connectivity index (χ1v) is 12.2. The average Bonchev–Trinajstić information content (AvgIpc) is 2.79. The first kappa shape index (κ1) is 21.3. The highest BCUT2D eigenvalue weighted by molar-refractivity contribution is 5.38. The number of benzene rings is 2. The van der Waals surface area contributed by atoms with Crippen molar-refractivity contribution in [3.63, 3.8) is 0 Å². The minimum absolute atomic E-state index is 0.0292. The van der Waals surface area contributed by atoms with Crippen molar-refractivity contribution in [1.82, 2.24) is 0 Å². The SMILES string of the molecule is C/C=C/CCc1ccc2c(c1)CCC(c1ccc(C3CCC(CC)CC3)cc1F)C2. The first-order chi connectivity index (χ1) is 14.7. The molecule has 4 rings (SSSR count).